The van der Waals surface area contributed by atoms with E-state index in [0.717, 1.165) is 0 Å². The standard InChI is InChI=1S/Al.BH3O3.Ba.5H/c;2-1(3)4;;;;;;/h;2-4H;;;;;;. The summed E-state index contributed by atoms with van der Waals surface area (Å²) in [5.74, 6) is 0. The molecule has 0 heterocycles. The van der Waals surface area contributed by atoms with Crippen molar-refractivity contribution >= 4 is 73.6 Å². The van der Waals surface area contributed by atoms with Crippen LogP contribution in [0.1, 0.15) is 0 Å². The van der Waals surface area contributed by atoms with Gasteiger partial charge < -0.3 is 15.1 Å². The molecule has 6 heteroatoms. The van der Waals surface area contributed by atoms with Gasteiger partial charge in [0, 0.05) is 0 Å². The van der Waals surface area contributed by atoms with Crippen molar-refractivity contribution in [3.63, 3.8) is 0 Å². The first-order valence-electron chi connectivity index (χ1n) is 0.775. The Morgan fingerprint density at radius 1 is 1.00 bits per heavy atom. The number of rotatable bonds is 0. The Bertz CT molecular complexity index is 15.5. The minimum atomic E-state index is -2.17. The fraction of sp³-hybridized carbons (Fsp3) is 0. The van der Waals surface area contributed by atoms with Gasteiger partial charge in [-0.25, -0.2) is 0 Å². The van der Waals surface area contributed by atoms with Crippen LogP contribution in [0.4, 0.5) is 0 Å². The summed E-state index contributed by atoms with van der Waals surface area (Å²) < 4.78 is 0. The summed E-state index contributed by atoms with van der Waals surface area (Å²) >= 11 is 0. The zero-order valence-corrected chi connectivity index (χ0v) is 1.92. The quantitative estimate of drug-likeness (QED) is 0.371. The van der Waals surface area contributed by atoms with E-state index in [1.54, 1.807) is 0 Å². The van der Waals surface area contributed by atoms with Crippen molar-refractivity contribution in [1.82, 2.24) is 0 Å². The van der Waals surface area contributed by atoms with Crippen LogP contribution in [0.3, 0.4) is 0 Å². The molecule has 0 saturated carbocycles. The van der Waals surface area contributed by atoms with Gasteiger partial charge in [-0.3, -0.25) is 0 Å². The Morgan fingerprint density at radius 2 is 1.00 bits per heavy atom. The van der Waals surface area contributed by atoms with Gasteiger partial charge in [0.2, 0.25) is 0 Å². The van der Waals surface area contributed by atoms with Crippen molar-refractivity contribution in [2.24, 2.45) is 0 Å². The van der Waals surface area contributed by atoms with Gasteiger partial charge in [0.05, 0.1) is 0 Å². The Morgan fingerprint density at radius 3 is 1.00 bits per heavy atom. The van der Waals surface area contributed by atoms with Crippen LogP contribution < -0.4 is 0 Å². The molecule has 0 amide bonds. The first-order chi connectivity index (χ1) is 1.73. The Labute approximate surface area is 87.1 Å². The molecule has 0 aliphatic rings. The molecule has 0 aliphatic heterocycles. The third kappa shape index (κ3) is 36.7. The molecule has 0 aromatic carbocycles. The summed E-state index contributed by atoms with van der Waals surface area (Å²) in [5, 5.41) is 21.5. The van der Waals surface area contributed by atoms with Crippen LogP contribution in [0.15, 0.2) is 0 Å². The van der Waals surface area contributed by atoms with Gasteiger partial charge in [-0.15, -0.1) is 0 Å². The third-order valence-electron chi connectivity index (χ3n) is 0. The first-order valence-corrected chi connectivity index (χ1v) is 0.775. The molecule has 34 valence electrons. The van der Waals surface area contributed by atoms with Gasteiger partial charge >= 0.3 is 56.2 Å². The molecule has 0 aliphatic carbocycles. The summed E-state index contributed by atoms with van der Waals surface area (Å²) in [5.41, 5.74) is 0. The molecule has 0 spiro atoms. The SMILES string of the molecule is OB(O)O.[AlH3].[BaH2]. The van der Waals surface area contributed by atoms with Crippen molar-refractivity contribution in [2.45, 2.75) is 0 Å². The van der Waals surface area contributed by atoms with Crippen molar-refractivity contribution in [3.05, 3.63) is 0 Å². The zero-order valence-electron chi connectivity index (χ0n) is 1.92. The second-order valence-corrected chi connectivity index (χ2v) is 0.346. The molecule has 3 N–H and O–H groups in total. The third-order valence-corrected chi connectivity index (χ3v) is 0. The van der Waals surface area contributed by atoms with Crippen LogP contribution in [-0.2, 0) is 0 Å². The van der Waals surface area contributed by atoms with Crippen molar-refractivity contribution in [2.75, 3.05) is 0 Å². The van der Waals surface area contributed by atoms with E-state index < -0.39 is 7.32 Å². The maximum absolute atomic E-state index is 7.17. The summed E-state index contributed by atoms with van der Waals surface area (Å²) in [6.45, 7) is 0. The van der Waals surface area contributed by atoms with E-state index in [1.165, 1.54) is 0 Å². The monoisotopic (exact) mass is 232 g/mol. The molecule has 0 fully saturated rings. The minimum absolute atomic E-state index is 0. The second kappa shape index (κ2) is 10.1. The Balaban J connectivity index is -0.0000000450. The molecular weight excluding hydrogens is 223 g/mol. The van der Waals surface area contributed by atoms with Crippen molar-refractivity contribution in [3.8, 4) is 0 Å². The molecule has 0 aromatic rings. The van der Waals surface area contributed by atoms with Gasteiger partial charge in [0.25, 0.3) is 0 Å². The molecule has 0 bridgehead atoms. The van der Waals surface area contributed by atoms with Gasteiger partial charge in [-0.2, -0.15) is 0 Å². The first kappa shape index (κ1) is 15.7. The van der Waals surface area contributed by atoms with Crippen LogP contribution in [0, 0.1) is 0 Å². The van der Waals surface area contributed by atoms with Crippen LogP contribution in [0.25, 0.3) is 0 Å². The van der Waals surface area contributed by atoms with E-state index in [2.05, 4.69) is 0 Å². The molecule has 0 aromatic heterocycles. The predicted molar refractivity (Wildman–Crippen MR) is 30.9 cm³/mol. The van der Waals surface area contributed by atoms with E-state index in [1.807, 2.05) is 0 Å². The summed E-state index contributed by atoms with van der Waals surface area (Å²) in [7, 11) is -2.17. The molecular formula is H8AlBBaO3. The molecule has 0 rings (SSSR count). The van der Waals surface area contributed by atoms with E-state index in [-0.39, 0.29) is 66.2 Å². The van der Waals surface area contributed by atoms with Crippen LogP contribution in [0.5, 0.6) is 0 Å². The number of hydrogen-bond acceptors (Lipinski definition) is 3. The van der Waals surface area contributed by atoms with Crippen molar-refractivity contribution in [1.29, 1.82) is 0 Å². The molecule has 0 unspecified atom stereocenters. The Hall–Kier alpha value is 2.05. The van der Waals surface area contributed by atoms with Crippen LogP contribution >= 0.6 is 0 Å². The van der Waals surface area contributed by atoms with Crippen LogP contribution in [0.2, 0.25) is 0 Å². The second-order valence-electron chi connectivity index (χ2n) is 0.346. The van der Waals surface area contributed by atoms with E-state index in [4.69, 9.17) is 15.1 Å². The molecule has 0 atom stereocenters. The zero-order chi connectivity index (χ0) is 3.58. The van der Waals surface area contributed by atoms with Gasteiger partial charge in [0.1, 0.15) is 0 Å². The van der Waals surface area contributed by atoms with Crippen LogP contribution in [-0.4, -0.2) is 88.6 Å². The topological polar surface area (TPSA) is 60.7 Å². The predicted octanol–water partition coefficient (Wildman–Crippen LogP) is -4.15. The average molecular weight is 231 g/mol. The summed E-state index contributed by atoms with van der Waals surface area (Å²) in [4.78, 5) is 0. The van der Waals surface area contributed by atoms with Gasteiger partial charge in [-0.05, 0) is 0 Å². The summed E-state index contributed by atoms with van der Waals surface area (Å²) in [6.07, 6.45) is 0. The molecule has 0 radical (unpaired) electrons. The molecule has 3 nitrogen and oxygen atoms in total. The van der Waals surface area contributed by atoms with E-state index >= 15 is 0 Å². The normalized spacial score (nSPS) is 4.50. The van der Waals surface area contributed by atoms with Gasteiger partial charge in [0.15, 0.2) is 17.4 Å². The molecule has 6 heavy (non-hydrogen) atoms. The number of hydrogen-bond donors (Lipinski definition) is 3. The fourth-order valence-corrected chi connectivity index (χ4v) is 0. The van der Waals surface area contributed by atoms with Crippen molar-refractivity contribution < 1.29 is 15.1 Å². The Kier molecular flexibility index (Phi) is 26.5. The summed E-state index contributed by atoms with van der Waals surface area (Å²) in [6, 6.07) is 0. The maximum atomic E-state index is 7.17. The van der Waals surface area contributed by atoms with E-state index in [0.29, 0.717) is 0 Å². The van der Waals surface area contributed by atoms with E-state index in [9.17, 15) is 0 Å². The molecule has 0 saturated heterocycles. The van der Waals surface area contributed by atoms with Gasteiger partial charge in [-0.1, -0.05) is 0 Å². The average Bonchev–Trinajstić information content (AvgIpc) is 0.811. The fourth-order valence-electron chi connectivity index (χ4n) is 0.